The molecule has 1 saturated carbocycles. The standard InChI is InChI=1S/C19H34O2/c1-18(2,16-12-8-5-6-9-13-16)20-21-19(3,4)17-14-10-7-11-15-17/h12,17H,5-11,13-15H2,1-4H3. The van der Waals surface area contributed by atoms with E-state index in [1.165, 1.54) is 63.4 Å². The summed E-state index contributed by atoms with van der Waals surface area (Å²) in [6, 6.07) is 0. The molecule has 2 nitrogen and oxygen atoms in total. The van der Waals surface area contributed by atoms with Crippen molar-refractivity contribution in [3.05, 3.63) is 11.6 Å². The van der Waals surface area contributed by atoms with Crippen LogP contribution in [0.2, 0.25) is 0 Å². The number of hydrogen-bond donors (Lipinski definition) is 0. The van der Waals surface area contributed by atoms with Crippen molar-refractivity contribution in [3.8, 4) is 0 Å². The van der Waals surface area contributed by atoms with E-state index in [4.69, 9.17) is 9.78 Å². The van der Waals surface area contributed by atoms with Gasteiger partial charge in [0.05, 0.1) is 0 Å². The van der Waals surface area contributed by atoms with Crippen molar-refractivity contribution < 1.29 is 9.78 Å². The van der Waals surface area contributed by atoms with Gasteiger partial charge in [-0.05, 0) is 77.7 Å². The fourth-order valence-corrected chi connectivity index (χ4v) is 3.69. The molecule has 0 spiro atoms. The second-order valence-electron chi connectivity index (χ2n) is 7.94. The van der Waals surface area contributed by atoms with Crippen molar-refractivity contribution in [3.63, 3.8) is 0 Å². The van der Waals surface area contributed by atoms with Gasteiger partial charge in [-0.15, -0.1) is 0 Å². The highest BCUT2D eigenvalue weighted by molar-refractivity contribution is 5.15. The van der Waals surface area contributed by atoms with Crippen molar-refractivity contribution in [1.82, 2.24) is 0 Å². The van der Waals surface area contributed by atoms with Crippen molar-refractivity contribution in [2.45, 2.75) is 103 Å². The lowest BCUT2D eigenvalue weighted by molar-refractivity contribution is -0.403. The zero-order valence-electron chi connectivity index (χ0n) is 14.5. The van der Waals surface area contributed by atoms with Crippen molar-refractivity contribution >= 4 is 0 Å². The smallest absolute Gasteiger partial charge is 0.119 e. The lowest BCUT2D eigenvalue weighted by Crippen LogP contribution is -2.40. The van der Waals surface area contributed by atoms with E-state index in [0.717, 1.165) is 6.42 Å². The molecule has 0 saturated heterocycles. The summed E-state index contributed by atoms with van der Waals surface area (Å²) < 4.78 is 0. The summed E-state index contributed by atoms with van der Waals surface area (Å²) in [6.07, 6.45) is 15.3. The average molecular weight is 294 g/mol. The Bertz CT molecular complexity index is 349. The van der Waals surface area contributed by atoms with Crippen LogP contribution in [0, 0.1) is 5.92 Å². The molecule has 0 amide bonds. The molecule has 0 aromatic carbocycles. The molecule has 0 radical (unpaired) electrons. The van der Waals surface area contributed by atoms with E-state index in [-0.39, 0.29) is 11.2 Å². The Balaban J connectivity index is 1.91. The fraction of sp³-hybridized carbons (Fsp3) is 0.895. The van der Waals surface area contributed by atoms with Crippen LogP contribution >= 0.6 is 0 Å². The molecule has 122 valence electrons. The highest BCUT2D eigenvalue weighted by Crippen LogP contribution is 2.37. The number of hydrogen-bond acceptors (Lipinski definition) is 2. The Labute approximate surface area is 131 Å². The third kappa shape index (κ3) is 4.82. The quantitative estimate of drug-likeness (QED) is 0.354. The number of allylic oxidation sites excluding steroid dienone is 1. The molecule has 0 atom stereocenters. The molecule has 2 rings (SSSR count). The second kappa shape index (κ2) is 7.28. The Morgan fingerprint density at radius 1 is 0.857 bits per heavy atom. The van der Waals surface area contributed by atoms with Gasteiger partial charge in [0.25, 0.3) is 0 Å². The highest BCUT2D eigenvalue weighted by atomic mass is 17.2. The topological polar surface area (TPSA) is 18.5 Å². The molecule has 0 unspecified atom stereocenters. The van der Waals surface area contributed by atoms with E-state index in [1.54, 1.807) is 0 Å². The maximum absolute atomic E-state index is 5.99. The maximum atomic E-state index is 5.99. The molecule has 2 heteroatoms. The van der Waals surface area contributed by atoms with Crippen LogP contribution in [0.1, 0.15) is 91.9 Å². The van der Waals surface area contributed by atoms with Crippen molar-refractivity contribution in [2.75, 3.05) is 0 Å². The molecule has 2 aliphatic carbocycles. The normalized spacial score (nSPS) is 22.8. The third-order valence-electron chi connectivity index (χ3n) is 5.37. The molecule has 0 bridgehead atoms. The Kier molecular flexibility index (Phi) is 5.90. The summed E-state index contributed by atoms with van der Waals surface area (Å²) in [4.78, 5) is 12.0. The molecule has 21 heavy (non-hydrogen) atoms. The van der Waals surface area contributed by atoms with Gasteiger partial charge in [0.1, 0.15) is 11.2 Å². The molecule has 0 aromatic rings. The van der Waals surface area contributed by atoms with Crippen molar-refractivity contribution in [1.29, 1.82) is 0 Å². The van der Waals surface area contributed by atoms with E-state index >= 15 is 0 Å². The summed E-state index contributed by atoms with van der Waals surface area (Å²) in [7, 11) is 0. The van der Waals surface area contributed by atoms with Crippen LogP contribution in [0.3, 0.4) is 0 Å². The van der Waals surface area contributed by atoms with Crippen LogP contribution < -0.4 is 0 Å². The molecule has 0 N–H and O–H groups in total. The first-order valence-electron chi connectivity index (χ1n) is 8.98. The zero-order chi connectivity index (χ0) is 15.3. The molecule has 0 aliphatic heterocycles. The highest BCUT2D eigenvalue weighted by Gasteiger charge is 2.35. The van der Waals surface area contributed by atoms with Crippen LogP contribution in [0.25, 0.3) is 0 Å². The average Bonchev–Trinajstić information content (AvgIpc) is 2.76. The summed E-state index contributed by atoms with van der Waals surface area (Å²) in [5.74, 6) is 0.630. The fourth-order valence-electron chi connectivity index (χ4n) is 3.69. The molecule has 0 heterocycles. The van der Waals surface area contributed by atoms with E-state index < -0.39 is 0 Å². The second-order valence-corrected chi connectivity index (χ2v) is 7.94. The van der Waals surface area contributed by atoms with Crippen LogP contribution in [0.4, 0.5) is 0 Å². The van der Waals surface area contributed by atoms with Crippen LogP contribution in [0.5, 0.6) is 0 Å². The lowest BCUT2D eigenvalue weighted by Gasteiger charge is -2.38. The van der Waals surface area contributed by atoms with Gasteiger partial charge in [-0.2, -0.15) is 0 Å². The van der Waals surface area contributed by atoms with E-state index in [1.807, 2.05) is 0 Å². The minimum atomic E-state index is -0.295. The first kappa shape index (κ1) is 17.0. The van der Waals surface area contributed by atoms with Gasteiger partial charge >= 0.3 is 0 Å². The molecule has 0 aromatic heterocycles. The third-order valence-corrected chi connectivity index (χ3v) is 5.37. The summed E-state index contributed by atoms with van der Waals surface area (Å²) in [5.41, 5.74) is 0.943. The van der Waals surface area contributed by atoms with Crippen LogP contribution in [0.15, 0.2) is 11.6 Å². The van der Waals surface area contributed by atoms with E-state index in [9.17, 15) is 0 Å². The number of rotatable bonds is 5. The molecular formula is C19H34O2. The summed E-state index contributed by atoms with van der Waals surface area (Å²) in [5, 5.41) is 0. The van der Waals surface area contributed by atoms with Gasteiger partial charge in [0, 0.05) is 0 Å². The van der Waals surface area contributed by atoms with Crippen LogP contribution in [-0.2, 0) is 9.78 Å². The largest absolute Gasteiger partial charge is 0.229 e. The van der Waals surface area contributed by atoms with E-state index in [0.29, 0.717) is 5.92 Å². The monoisotopic (exact) mass is 294 g/mol. The van der Waals surface area contributed by atoms with Gasteiger partial charge in [-0.1, -0.05) is 31.8 Å². The van der Waals surface area contributed by atoms with Gasteiger partial charge < -0.3 is 0 Å². The first-order chi connectivity index (χ1) is 9.92. The van der Waals surface area contributed by atoms with Crippen LogP contribution in [-0.4, -0.2) is 11.2 Å². The predicted octanol–water partition coefficient (Wildman–Crippen LogP) is 5.96. The predicted molar refractivity (Wildman–Crippen MR) is 88.1 cm³/mol. The maximum Gasteiger partial charge on any atom is 0.119 e. The van der Waals surface area contributed by atoms with Gasteiger partial charge in [0.15, 0.2) is 0 Å². The molecule has 2 aliphatic rings. The van der Waals surface area contributed by atoms with Gasteiger partial charge in [-0.3, -0.25) is 0 Å². The Hall–Kier alpha value is -0.340. The zero-order valence-corrected chi connectivity index (χ0v) is 14.5. The summed E-state index contributed by atoms with van der Waals surface area (Å²) >= 11 is 0. The Morgan fingerprint density at radius 3 is 2.24 bits per heavy atom. The molecular weight excluding hydrogens is 260 g/mol. The van der Waals surface area contributed by atoms with Gasteiger partial charge in [0.2, 0.25) is 0 Å². The lowest BCUT2D eigenvalue weighted by atomic mass is 9.79. The SMILES string of the molecule is CC(C)(OOC(C)(C)C1CCCCC1)C1=CCCCCC1. The minimum Gasteiger partial charge on any atom is -0.229 e. The van der Waals surface area contributed by atoms with E-state index in [2.05, 4.69) is 33.8 Å². The van der Waals surface area contributed by atoms with Gasteiger partial charge in [-0.25, -0.2) is 9.78 Å². The van der Waals surface area contributed by atoms with Crippen molar-refractivity contribution in [2.24, 2.45) is 5.92 Å². The molecule has 1 fully saturated rings. The first-order valence-corrected chi connectivity index (χ1v) is 8.98. The Morgan fingerprint density at radius 2 is 1.52 bits per heavy atom. The minimum absolute atomic E-state index is 0.178. The summed E-state index contributed by atoms with van der Waals surface area (Å²) in [6.45, 7) is 8.70.